The average Bonchev–Trinajstić information content (AvgIpc) is 3.24. The Morgan fingerprint density at radius 1 is 1.14 bits per heavy atom. The van der Waals surface area contributed by atoms with Crippen molar-refractivity contribution in [3.8, 4) is 11.1 Å². The summed E-state index contributed by atoms with van der Waals surface area (Å²) in [5, 5.41) is 6.25. The molecule has 0 spiro atoms. The fraction of sp³-hybridized carbons (Fsp3) is 0.300. The van der Waals surface area contributed by atoms with Gasteiger partial charge < -0.3 is 4.57 Å². The summed E-state index contributed by atoms with van der Waals surface area (Å²) in [4.78, 5) is 4.03. The first-order valence-corrected chi connectivity index (χ1v) is 9.42. The van der Waals surface area contributed by atoms with Gasteiger partial charge in [-0.15, -0.1) is 0 Å². The van der Waals surface area contributed by atoms with Gasteiger partial charge >= 0.3 is 6.18 Å². The molecule has 0 radical (unpaired) electrons. The van der Waals surface area contributed by atoms with E-state index in [0.717, 1.165) is 12.1 Å². The molecule has 1 aliphatic carbocycles. The molecule has 3 aromatic heterocycles. The van der Waals surface area contributed by atoms with Crippen LogP contribution < -0.4 is 0 Å². The number of nitrogens with zero attached hydrogens (tertiary/aromatic N) is 4. The van der Waals surface area contributed by atoms with Gasteiger partial charge in [-0.3, -0.25) is 9.67 Å². The first-order chi connectivity index (χ1) is 13.4. The standard InChI is InChI=1S/C20H16ClF3N4/c21-14-5-16(13-7-26-27(10-13)9-12-1-2-12)19-17(6-14)15-3-4-25-8-18(15)28(19)11-20(22,23)24/h3-8,10,12H,1-2,9,11H2. The van der Waals surface area contributed by atoms with Gasteiger partial charge in [-0.1, -0.05) is 11.6 Å². The van der Waals surface area contributed by atoms with E-state index < -0.39 is 12.7 Å². The number of hydrogen-bond acceptors (Lipinski definition) is 2. The van der Waals surface area contributed by atoms with Crippen LogP contribution in [-0.2, 0) is 13.1 Å². The Bertz CT molecular complexity index is 1190. The fourth-order valence-electron chi connectivity index (χ4n) is 3.78. The quantitative estimate of drug-likeness (QED) is 0.438. The van der Waals surface area contributed by atoms with E-state index >= 15 is 0 Å². The third-order valence-electron chi connectivity index (χ3n) is 5.15. The molecule has 0 N–H and O–H groups in total. The van der Waals surface area contributed by atoms with E-state index in [9.17, 15) is 13.2 Å². The van der Waals surface area contributed by atoms with Gasteiger partial charge in [0.2, 0.25) is 0 Å². The first-order valence-electron chi connectivity index (χ1n) is 9.04. The van der Waals surface area contributed by atoms with E-state index in [1.165, 1.54) is 23.6 Å². The maximum atomic E-state index is 13.4. The predicted molar refractivity (Wildman–Crippen MR) is 102 cm³/mol. The minimum Gasteiger partial charge on any atom is -0.329 e. The van der Waals surface area contributed by atoms with Crippen molar-refractivity contribution in [3.63, 3.8) is 0 Å². The highest BCUT2D eigenvalue weighted by molar-refractivity contribution is 6.32. The van der Waals surface area contributed by atoms with Gasteiger partial charge in [-0.05, 0) is 37.0 Å². The molecule has 8 heteroatoms. The lowest BCUT2D eigenvalue weighted by Crippen LogP contribution is -2.17. The normalized spacial score (nSPS) is 15.0. The van der Waals surface area contributed by atoms with Crippen molar-refractivity contribution in [2.45, 2.75) is 32.1 Å². The van der Waals surface area contributed by atoms with Crippen LogP contribution in [0.25, 0.3) is 32.9 Å². The molecule has 0 aliphatic heterocycles. The molecule has 144 valence electrons. The van der Waals surface area contributed by atoms with Crippen LogP contribution in [-0.4, -0.2) is 25.5 Å². The Balaban J connectivity index is 1.77. The molecule has 0 atom stereocenters. The number of pyridine rings is 1. The lowest BCUT2D eigenvalue weighted by molar-refractivity contribution is -0.139. The summed E-state index contributed by atoms with van der Waals surface area (Å²) in [6, 6.07) is 5.15. The summed E-state index contributed by atoms with van der Waals surface area (Å²) in [7, 11) is 0. The van der Waals surface area contributed by atoms with E-state index in [2.05, 4.69) is 10.1 Å². The zero-order valence-corrected chi connectivity index (χ0v) is 15.5. The van der Waals surface area contributed by atoms with Gasteiger partial charge in [0.15, 0.2) is 0 Å². The summed E-state index contributed by atoms with van der Waals surface area (Å²) in [5.41, 5.74) is 2.33. The van der Waals surface area contributed by atoms with Crippen molar-refractivity contribution < 1.29 is 13.2 Å². The summed E-state index contributed by atoms with van der Waals surface area (Å²) >= 11 is 6.34. The van der Waals surface area contributed by atoms with Gasteiger partial charge in [0.1, 0.15) is 6.54 Å². The van der Waals surface area contributed by atoms with Crippen LogP contribution >= 0.6 is 11.6 Å². The summed E-state index contributed by atoms with van der Waals surface area (Å²) in [6.07, 6.45) is 4.66. The van der Waals surface area contributed by atoms with Crippen LogP contribution in [0.5, 0.6) is 0 Å². The van der Waals surface area contributed by atoms with Gasteiger partial charge in [-0.2, -0.15) is 18.3 Å². The molecule has 1 aliphatic rings. The zero-order valence-electron chi connectivity index (χ0n) is 14.7. The second-order valence-electron chi connectivity index (χ2n) is 7.34. The Kier molecular flexibility index (Phi) is 3.91. The lowest BCUT2D eigenvalue weighted by atomic mass is 10.0. The topological polar surface area (TPSA) is 35.6 Å². The Morgan fingerprint density at radius 2 is 1.96 bits per heavy atom. The summed E-state index contributed by atoms with van der Waals surface area (Å²) in [5.74, 6) is 0.648. The largest absolute Gasteiger partial charge is 0.406 e. The van der Waals surface area contributed by atoms with Crippen LogP contribution in [0.15, 0.2) is 43.0 Å². The van der Waals surface area contributed by atoms with Crippen molar-refractivity contribution in [1.29, 1.82) is 0 Å². The maximum Gasteiger partial charge on any atom is 0.406 e. The SMILES string of the molecule is FC(F)(F)Cn1c2cnccc2c2cc(Cl)cc(-c3cnn(CC4CC4)c3)c21. The van der Waals surface area contributed by atoms with Gasteiger partial charge in [0, 0.05) is 45.9 Å². The van der Waals surface area contributed by atoms with Crippen molar-refractivity contribution in [1.82, 2.24) is 19.3 Å². The number of hydrogen-bond donors (Lipinski definition) is 0. The number of alkyl halides is 3. The number of halogens is 4. The third-order valence-corrected chi connectivity index (χ3v) is 5.37. The van der Waals surface area contributed by atoms with Gasteiger partial charge in [0.05, 0.1) is 23.4 Å². The van der Waals surface area contributed by atoms with Crippen LogP contribution in [0.3, 0.4) is 0 Å². The van der Waals surface area contributed by atoms with Crippen LogP contribution in [0.1, 0.15) is 12.8 Å². The van der Waals surface area contributed by atoms with Crippen LogP contribution in [0.2, 0.25) is 5.02 Å². The van der Waals surface area contributed by atoms with E-state index in [-0.39, 0.29) is 0 Å². The van der Waals surface area contributed by atoms with Crippen molar-refractivity contribution in [3.05, 3.63) is 48.0 Å². The van der Waals surface area contributed by atoms with E-state index in [0.29, 0.717) is 38.3 Å². The van der Waals surface area contributed by atoms with Gasteiger partial charge in [-0.25, -0.2) is 0 Å². The van der Waals surface area contributed by atoms with Crippen LogP contribution in [0.4, 0.5) is 13.2 Å². The molecule has 0 unspecified atom stereocenters. The minimum atomic E-state index is -4.36. The monoisotopic (exact) mass is 404 g/mol. The Labute approximate surface area is 163 Å². The molecule has 0 saturated heterocycles. The second kappa shape index (κ2) is 6.24. The van der Waals surface area contributed by atoms with E-state index in [1.807, 2.05) is 10.9 Å². The molecule has 0 bridgehead atoms. The highest BCUT2D eigenvalue weighted by Crippen LogP contribution is 2.39. The molecule has 4 nitrogen and oxygen atoms in total. The Hall–Kier alpha value is -2.54. The number of aromatic nitrogens is 4. The van der Waals surface area contributed by atoms with Crippen molar-refractivity contribution in [2.75, 3.05) is 0 Å². The van der Waals surface area contributed by atoms with E-state index in [1.54, 1.807) is 30.6 Å². The summed E-state index contributed by atoms with van der Waals surface area (Å²) < 4.78 is 43.2. The Morgan fingerprint density at radius 3 is 2.71 bits per heavy atom. The molecule has 4 aromatic rings. The highest BCUT2D eigenvalue weighted by atomic mass is 35.5. The molecule has 1 fully saturated rings. The van der Waals surface area contributed by atoms with E-state index in [4.69, 9.17) is 11.6 Å². The number of fused-ring (bicyclic) bond motifs is 3. The third kappa shape index (κ3) is 3.13. The first kappa shape index (κ1) is 17.6. The molecular weight excluding hydrogens is 389 g/mol. The molecule has 1 saturated carbocycles. The molecular formula is C20H16ClF3N4. The minimum absolute atomic E-state index is 0.434. The number of rotatable bonds is 4. The van der Waals surface area contributed by atoms with Gasteiger partial charge in [0.25, 0.3) is 0 Å². The molecule has 28 heavy (non-hydrogen) atoms. The lowest BCUT2D eigenvalue weighted by Gasteiger charge is -2.13. The van der Waals surface area contributed by atoms with Crippen molar-refractivity contribution in [2.24, 2.45) is 5.92 Å². The molecule has 5 rings (SSSR count). The molecule has 3 heterocycles. The smallest absolute Gasteiger partial charge is 0.329 e. The maximum absolute atomic E-state index is 13.4. The predicted octanol–water partition coefficient (Wildman–Crippen LogP) is 5.68. The molecule has 1 aromatic carbocycles. The number of benzene rings is 1. The second-order valence-corrected chi connectivity index (χ2v) is 7.77. The van der Waals surface area contributed by atoms with Crippen molar-refractivity contribution >= 4 is 33.4 Å². The molecule has 0 amide bonds. The highest BCUT2D eigenvalue weighted by Gasteiger charge is 2.31. The summed E-state index contributed by atoms with van der Waals surface area (Å²) in [6.45, 7) is -0.261. The van der Waals surface area contributed by atoms with Crippen LogP contribution in [0, 0.1) is 5.92 Å². The average molecular weight is 405 g/mol. The zero-order chi connectivity index (χ0) is 19.5. The fourth-order valence-corrected chi connectivity index (χ4v) is 3.99.